The van der Waals surface area contributed by atoms with Crippen LogP contribution in [0, 0.1) is 11.3 Å². The summed E-state index contributed by atoms with van der Waals surface area (Å²) < 4.78 is 24.4. The first-order valence-electron chi connectivity index (χ1n) is 3.63. The lowest BCUT2D eigenvalue weighted by atomic mass is 10.2. The third-order valence-corrected chi connectivity index (χ3v) is 2.02. The molecule has 1 N–H and O–H groups in total. The molecule has 0 fully saturated rings. The summed E-state index contributed by atoms with van der Waals surface area (Å²) in [5.74, 6) is 0. The van der Waals surface area contributed by atoms with Crippen LogP contribution >= 0.6 is 11.6 Å². The van der Waals surface area contributed by atoms with E-state index in [0.29, 0.717) is 0 Å². The molecule has 0 radical (unpaired) electrons. The van der Waals surface area contributed by atoms with E-state index >= 15 is 0 Å². The van der Waals surface area contributed by atoms with Gasteiger partial charge < -0.3 is 4.98 Å². The molecule has 1 aromatic rings. The zero-order valence-electron chi connectivity index (χ0n) is 6.85. The predicted molar refractivity (Wildman–Crippen MR) is 46.3 cm³/mol. The van der Waals surface area contributed by atoms with Gasteiger partial charge in [-0.1, -0.05) is 11.6 Å². The number of hydrogen-bond acceptors (Lipinski definition) is 2. The van der Waals surface area contributed by atoms with Crippen LogP contribution in [0.3, 0.4) is 0 Å². The largest absolute Gasteiger partial charge is 0.362 e. The molecule has 0 saturated carbocycles. The van der Waals surface area contributed by atoms with Crippen molar-refractivity contribution in [1.29, 1.82) is 5.26 Å². The lowest BCUT2D eigenvalue weighted by Gasteiger charge is -2.02. The van der Waals surface area contributed by atoms with Gasteiger partial charge in [0.25, 0.3) is 6.43 Å². The monoisotopic (exact) mass is 218 g/mol. The molecule has 1 aromatic heterocycles. The Kier molecular flexibility index (Phi) is 3.20. The van der Waals surface area contributed by atoms with Crippen molar-refractivity contribution >= 4 is 11.6 Å². The molecule has 0 aliphatic heterocycles. The van der Waals surface area contributed by atoms with E-state index in [-0.39, 0.29) is 17.1 Å². The molecule has 0 spiro atoms. The van der Waals surface area contributed by atoms with Crippen molar-refractivity contribution in [2.75, 3.05) is 0 Å². The van der Waals surface area contributed by atoms with Crippen LogP contribution in [0.15, 0.2) is 11.0 Å². The van der Waals surface area contributed by atoms with Gasteiger partial charge in [-0.05, 0) is 0 Å². The van der Waals surface area contributed by atoms with Gasteiger partial charge in [-0.15, -0.1) is 0 Å². The summed E-state index contributed by atoms with van der Waals surface area (Å²) in [5, 5.41) is 7.99. The number of nitrogens with one attached hydrogen (secondary N) is 1. The van der Waals surface area contributed by atoms with Gasteiger partial charge in [-0.2, -0.15) is 5.26 Å². The highest BCUT2D eigenvalue weighted by Crippen LogP contribution is 2.17. The number of hydrogen-bond donors (Lipinski definition) is 1. The minimum atomic E-state index is -2.87. The summed E-state index contributed by atoms with van der Waals surface area (Å²) >= 11 is 5.49. The molecule has 0 aliphatic rings. The highest BCUT2D eigenvalue weighted by Gasteiger charge is 2.16. The summed E-state index contributed by atoms with van der Waals surface area (Å²) in [5.41, 5.74) is -1.45. The van der Waals surface area contributed by atoms with E-state index < -0.39 is 17.4 Å². The molecule has 0 bridgehead atoms. The fraction of sp³-hybridized carbons (Fsp3) is 0.250. The Morgan fingerprint density at radius 1 is 1.64 bits per heavy atom. The average Bonchev–Trinajstić information content (AvgIpc) is 2.13. The topological polar surface area (TPSA) is 56.6 Å². The third-order valence-electron chi connectivity index (χ3n) is 1.62. The zero-order chi connectivity index (χ0) is 10.7. The van der Waals surface area contributed by atoms with Crippen molar-refractivity contribution in [2.24, 2.45) is 0 Å². The summed E-state index contributed by atoms with van der Waals surface area (Å²) in [7, 11) is 0. The van der Waals surface area contributed by atoms with Crippen molar-refractivity contribution in [3.05, 3.63) is 32.7 Å². The van der Waals surface area contributed by atoms with E-state index in [1.54, 1.807) is 6.07 Å². The number of nitrogens with zero attached hydrogens (tertiary/aromatic N) is 1. The van der Waals surface area contributed by atoms with Crippen LogP contribution in [0.5, 0.6) is 0 Å². The van der Waals surface area contributed by atoms with Gasteiger partial charge in [0.2, 0.25) is 5.43 Å². The van der Waals surface area contributed by atoms with Crippen LogP contribution in [-0.2, 0) is 6.42 Å². The maximum Gasteiger partial charge on any atom is 0.269 e. The molecule has 0 atom stereocenters. The fourth-order valence-corrected chi connectivity index (χ4v) is 1.16. The van der Waals surface area contributed by atoms with Crippen molar-refractivity contribution in [2.45, 2.75) is 12.8 Å². The molecule has 0 unspecified atom stereocenters. The van der Waals surface area contributed by atoms with Gasteiger partial charge in [-0.3, -0.25) is 4.79 Å². The fourth-order valence-electron chi connectivity index (χ4n) is 0.927. The van der Waals surface area contributed by atoms with E-state index in [2.05, 4.69) is 4.98 Å². The number of aromatic nitrogens is 1. The summed E-state index contributed by atoms with van der Waals surface area (Å²) in [6.07, 6.45) is -2.10. The van der Waals surface area contributed by atoms with E-state index in [1.165, 1.54) is 0 Å². The van der Waals surface area contributed by atoms with Crippen LogP contribution in [0.1, 0.15) is 17.7 Å². The van der Waals surface area contributed by atoms with Crippen LogP contribution < -0.4 is 5.43 Å². The first kappa shape index (κ1) is 10.7. The maximum absolute atomic E-state index is 12.2. The molecule has 1 heterocycles. The van der Waals surface area contributed by atoms with E-state index in [9.17, 15) is 13.6 Å². The van der Waals surface area contributed by atoms with Crippen molar-refractivity contribution in [3.8, 4) is 6.07 Å². The second-order valence-corrected chi connectivity index (χ2v) is 2.88. The highest BCUT2D eigenvalue weighted by atomic mass is 35.5. The number of alkyl halides is 2. The second-order valence-electron chi connectivity index (χ2n) is 2.50. The number of halogens is 3. The second kappa shape index (κ2) is 4.20. The predicted octanol–water partition coefficient (Wildman–Crippen LogP) is 2.03. The van der Waals surface area contributed by atoms with Crippen molar-refractivity contribution < 1.29 is 8.78 Å². The Balaban J connectivity index is 3.28. The van der Waals surface area contributed by atoms with E-state index in [4.69, 9.17) is 16.9 Å². The summed E-state index contributed by atoms with van der Waals surface area (Å²) in [4.78, 5) is 13.6. The lowest BCUT2D eigenvalue weighted by Crippen LogP contribution is -2.13. The SMILES string of the molecule is N#CCc1[nH]cc(C(F)F)c(=O)c1Cl. The molecule has 14 heavy (non-hydrogen) atoms. The van der Waals surface area contributed by atoms with Crippen molar-refractivity contribution in [3.63, 3.8) is 0 Å². The highest BCUT2D eigenvalue weighted by molar-refractivity contribution is 6.31. The Bertz CT molecular complexity index is 436. The number of rotatable bonds is 2. The minimum absolute atomic E-state index is 0.114. The molecule has 1 rings (SSSR count). The van der Waals surface area contributed by atoms with Gasteiger partial charge in [0, 0.05) is 6.20 Å². The average molecular weight is 219 g/mol. The molecule has 0 aromatic carbocycles. The number of nitriles is 1. The molecular weight excluding hydrogens is 214 g/mol. The standard InChI is InChI=1S/C8H5ClF2N2O/c9-6-5(1-2-12)13-3-4(7(6)14)8(10)11/h3,8H,1H2,(H,13,14). The summed E-state index contributed by atoms with van der Waals surface area (Å²) in [6.45, 7) is 0. The van der Waals surface area contributed by atoms with Crippen molar-refractivity contribution in [1.82, 2.24) is 4.98 Å². The van der Waals surface area contributed by atoms with E-state index in [0.717, 1.165) is 6.20 Å². The molecule has 0 saturated heterocycles. The summed E-state index contributed by atoms with van der Waals surface area (Å²) in [6, 6.07) is 1.76. The quantitative estimate of drug-likeness (QED) is 0.826. The molecule has 0 amide bonds. The maximum atomic E-state index is 12.2. The zero-order valence-corrected chi connectivity index (χ0v) is 7.61. The van der Waals surface area contributed by atoms with Gasteiger partial charge in [0.1, 0.15) is 5.02 Å². The number of aromatic amines is 1. The van der Waals surface area contributed by atoms with Crippen LogP contribution in [0.25, 0.3) is 0 Å². The Hall–Kier alpha value is -1.41. The van der Waals surface area contributed by atoms with Crippen LogP contribution in [0.4, 0.5) is 8.78 Å². The minimum Gasteiger partial charge on any atom is -0.362 e. The van der Waals surface area contributed by atoms with Gasteiger partial charge >= 0.3 is 0 Å². The van der Waals surface area contributed by atoms with Gasteiger partial charge in [-0.25, -0.2) is 8.78 Å². The Labute approximate surface area is 82.9 Å². The van der Waals surface area contributed by atoms with E-state index in [1.807, 2.05) is 0 Å². The molecular formula is C8H5ClF2N2O. The molecule has 6 heteroatoms. The van der Waals surface area contributed by atoms with Crippen LogP contribution in [-0.4, -0.2) is 4.98 Å². The Morgan fingerprint density at radius 2 is 2.29 bits per heavy atom. The molecule has 0 aliphatic carbocycles. The molecule has 74 valence electrons. The molecule has 3 nitrogen and oxygen atoms in total. The number of pyridine rings is 1. The number of H-pyrrole nitrogens is 1. The van der Waals surface area contributed by atoms with Crippen LogP contribution in [0.2, 0.25) is 5.02 Å². The Morgan fingerprint density at radius 3 is 2.79 bits per heavy atom. The van der Waals surface area contributed by atoms with Gasteiger partial charge in [0.15, 0.2) is 0 Å². The smallest absolute Gasteiger partial charge is 0.269 e. The lowest BCUT2D eigenvalue weighted by molar-refractivity contribution is 0.149. The normalized spacial score (nSPS) is 10.2. The first-order chi connectivity index (χ1) is 6.57. The first-order valence-corrected chi connectivity index (χ1v) is 4.00. The van der Waals surface area contributed by atoms with Gasteiger partial charge in [0.05, 0.1) is 23.7 Å². The third kappa shape index (κ3) is 1.91.